The lowest BCUT2D eigenvalue weighted by Gasteiger charge is -2.19. The quantitative estimate of drug-likeness (QED) is 0.693. The fourth-order valence-corrected chi connectivity index (χ4v) is 3.15. The van der Waals surface area contributed by atoms with E-state index in [1.807, 2.05) is 27.8 Å². The molecular formula is C24H26FN4O2+. The number of nitrogens with zero attached hydrogens (tertiary/aromatic N) is 3. The predicted molar refractivity (Wildman–Crippen MR) is 120 cm³/mol. The highest BCUT2D eigenvalue weighted by Gasteiger charge is 2.34. The summed E-state index contributed by atoms with van der Waals surface area (Å²) in [5, 5.41) is 16.9. The van der Waals surface area contributed by atoms with E-state index in [0.29, 0.717) is 34.9 Å². The maximum absolute atomic E-state index is 13.3. The molecule has 2 aromatic carbocycles. The number of anilines is 1. The minimum Gasteiger partial charge on any atom is -0.492 e. The third-order valence-corrected chi connectivity index (χ3v) is 4.74. The van der Waals surface area contributed by atoms with E-state index < -0.39 is 0 Å². The molecule has 2 aromatic rings. The van der Waals surface area contributed by atoms with E-state index in [1.54, 1.807) is 43.5 Å². The van der Waals surface area contributed by atoms with Crippen LogP contribution in [0, 0.1) is 22.6 Å². The van der Waals surface area contributed by atoms with Crippen molar-refractivity contribution in [2.24, 2.45) is 10.5 Å². The second kappa shape index (κ2) is 8.32. The zero-order valence-corrected chi connectivity index (χ0v) is 18.4. The predicted octanol–water partition coefficient (Wildman–Crippen LogP) is 4.97. The molecule has 160 valence electrons. The summed E-state index contributed by atoms with van der Waals surface area (Å²) < 4.78 is 19.0. The number of nitriles is 1. The Bertz CT molecular complexity index is 1110. The number of quaternary nitrogens is 1. The van der Waals surface area contributed by atoms with Gasteiger partial charge < -0.3 is 10.1 Å². The van der Waals surface area contributed by atoms with Crippen molar-refractivity contribution >= 4 is 23.0 Å². The number of ether oxygens (including phenoxy) is 1. The number of carbonyl (C=O) groups excluding carboxylic acids is 1. The van der Waals surface area contributed by atoms with Crippen molar-refractivity contribution < 1.29 is 13.9 Å². The van der Waals surface area contributed by atoms with Crippen molar-refractivity contribution in [3.63, 3.8) is 0 Å². The first-order valence-corrected chi connectivity index (χ1v) is 9.91. The Morgan fingerprint density at radius 2 is 1.90 bits per heavy atom. The number of amides is 1. The summed E-state index contributed by atoms with van der Waals surface area (Å²) in [7, 11) is 1.81. The van der Waals surface area contributed by atoms with Gasteiger partial charge in [0.2, 0.25) is 0 Å². The molecule has 0 bridgehead atoms. The van der Waals surface area contributed by atoms with Crippen LogP contribution >= 0.6 is 0 Å². The number of hydrogen-bond acceptors (Lipinski definition) is 4. The summed E-state index contributed by atoms with van der Waals surface area (Å²) in [5.74, 6) is -0.188. The van der Waals surface area contributed by atoms with Crippen LogP contribution in [0.4, 0.5) is 15.8 Å². The summed E-state index contributed by atoms with van der Waals surface area (Å²) in [5.41, 5.74) is 2.51. The van der Waals surface area contributed by atoms with Crippen LogP contribution in [-0.2, 0) is 4.79 Å². The first kappa shape index (κ1) is 22.2. The van der Waals surface area contributed by atoms with Gasteiger partial charge in [-0.2, -0.15) is 5.26 Å². The van der Waals surface area contributed by atoms with Crippen LogP contribution in [0.2, 0.25) is 0 Å². The van der Waals surface area contributed by atoms with Crippen molar-refractivity contribution in [3.8, 4) is 11.8 Å². The molecule has 0 saturated carbocycles. The van der Waals surface area contributed by atoms with Crippen LogP contribution in [0.15, 0.2) is 59.3 Å². The van der Waals surface area contributed by atoms with Gasteiger partial charge in [-0.25, -0.2) is 4.39 Å². The topological polar surface area (TPSA) is 74.5 Å². The minimum atomic E-state index is -0.336. The maximum Gasteiger partial charge on any atom is 0.263 e. The maximum atomic E-state index is 13.3. The highest BCUT2D eigenvalue weighted by atomic mass is 19.1. The zero-order valence-electron chi connectivity index (χ0n) is 18.4. The van der Waals surface area contributed by atoms with Crippen molar-refractivity contribution in [3.05, 3.63) is 65.6 Å². The van der Waals surface area contributed by atoms with E-state index in [-0.39, 0.29) is 21.7 Å². The number of hydrogen-bond donors (Lipinski definition) is 1. The van der Waals surface area contributed by atoms with Crippen LogP contribution in [0.1, 0.15) is 33.3 Å². The lowest BCUT2D eigenvalue weighted by atomic mass is 9.98. The average Bonchev–Trinajstić information content (AvgIpc) is 3.02. The molecule has 0 aromatic heterocycles. The molecule has 1 atom stereocenters. The first-order chi connectivity index (χ1) is 14.5. The van der Waals surface area contributed by atoms with E-state index in [2.05, 4.69) is 16.5 Å². The Kier molecular flexibility index (Phi) is 5.96. The van der Waals surface area contributed by atoms with Crippen LogP contribution in [-0.4, -0.2) is 25.3 Å². The normalized spacial score (nSPS) is 18.1. The average molecular weight is 421 g/mol. The molecule has 0 fully saturated rings. The van der Waals surface area contributed by atoms with Gasteiger partial charge in [0.15, 0.2) is 5.69 Å². The molecule has 1 amide bonds. The SMILES string of the molecule is CC1=N[N+](C)(c2ccc(F)cc2)C=C1C(=O)Nc1ccc(OCC(C)(C)C)c(C#N)c1. The van der Waals surface area contributed by atoms with Gasteiger partial charge in [0.25, 0.3) is 5.91 Å². The number of benzene rings is 2. The molecule has 0 aliphatic carbocycles. The van der Waals surface area contributed by atoms with Crippen LogP contribution in [0.3, 0.4) is 0 Å². The highest BCUT2D eigenvalue weighted by molar-refractivity contribution is 6.25. The lowest BCUT2D eigenvalue weighted by Crippen LogP contribution is -2.30. The van der Waals surface area contributed by atoms with Crippen LogP contribution < -0.4 is 14.6 Å². The first-order valence-electron chi connectivity index (χ1n) is 9.91. The van der Waals surface area contributed by atoms with Gasteiger partial charge in [-0.1, -0.05) is 25.9 Å². The van der Waals surface area contributed by atoms with Gasteiger partial charge in [-0.3, -0.25) is 4.79 Å². The lowest BCUT2D eigenvalue weighted by molar-refractivity contribution is -0.112. The largest absolute Gasteiger partial charge is 0.492 e. The Hall–Kier alpha value is -3.50. The van der Waals surface area contributed by atoms with E-state index in [1.165, 1.54) is 12.1 Å². The Balaban J connectivity index is 1.79. The molecule has 0 radical (unpaired) electrons. The second-order valence-corrected chi connectivity index (χ2v) is 8.86. The highest BCUT2D eigenvalue weighted by Crippen LogP contribution is 2.30. The van der Waals surface area contributed by atoms with Gasteiger partial charge in [-0.05, 0) is 42.7 Å². The number of rotatable bonds is 5. The minimum absolute atomic E-state index is 0.0118. The van der Waals surface area contributed by atoms with Gasteiger partial charge in [0.1, 0.15) is 42.2 Å². The summed E-state index contributed by atoms with van der Waals surface area (Å²) in [6, 6.07) is 13.1. The van der Waals surface area contributed by atoms with Crippen molar-refractivity contribution in [1.29, 1.82) is 5.26 Å². The van der Waals surface area contributed by atoms with E-state index in [4.69, 9.17) is 4.74 Å². The standard InChI is InChI=1S/C24H25FN4O2/c1-16-21(14-29(5,28-16)20-9-6-18(25)7-10-20)23(30)27-19-8-11-22(17(12-19)13-26)31-15-24(2,3)4/h6-12,14H,15H2,1-5H3/p+1. The number of carbonyl (C=O) groups is 1. The smallest absolute Gasteiger partial charge is 0.263 e. The van der Waals surface area contributed by atoms with Crippen molar-refractivity contribution in [2.75, 3.05) is 19.0 Å². The zero-order chi connectivity index (χ0) is 22.8. The third kappa shape index (κ3) is 5.16. The van der Waals surface area contributed by atoms with E-state index in [0.717, 1.165) is 5.69 Å². The number of halogens is 1. The Morgan fingerprint density at radius 3 is 2.52 bits per heavy atom. The summed E-state index contributed by atoms with van der Waals surface area (Å²) in [6.07, 6.45) is 1.71. The molecule has 1 aliphatic rings. The van der Waals surface area contributed by atoms with Gasteiger partial charge in [0, 0.05) is 17.8 Å². The van der Waals surface area contributed by atoms with Gasteiger partial charge >= 0.3 is 0 Å². The van der Waals surface area contributed by atoms with E-state index in [9.17, 15) is 14.4 Å². The van der Waals surface area contributed by atoms with Crippen molar-refractivity contribution in [1.82, 2.24) is 4.59 Å². The molecule has 6 nitrogen and oxygen atoms in total. The van der Waals surface area contributed by atoms with Crippen LogP contribution in [0.5, 0.6) is 5.75 Å². The molecule has 0 saturated heterocycles. The summed E-state index contributed by atoms with van der Waals surface area (Å²) in [4.78, 5) is 12.9. The molecule has 1 N–H and O–H groups in total. The Labute approximate surface area is 181 Å². The number of nitrogens with one attached hydrogen (secondary N) is 1. The third-order valence-electron chi connectivity index (χ3n) is 4.74. The van der Waals surface area contributed by atoms with Gasteiger partial charge in [0.05, 0.1) is 12.2 Å². The molecule has 31 heavy (non-hydrogen) atoms. The summed E-state index contributed by atoms with van der Waals surface area (Å²) in [6.45, 7) is 8.36. The fraction of sp³-hybridized carbons (Fsp3) is 0.292. The monoisotopic (exact) mass is 421 g/mol. The molecule has 0 spiro atoms. The van der Waals surface area contributed by atoms with Crippen LogP contribution in [0.25, 0.3) is 0 Å². The molecule has 7 heteroatoms. The Morgan fingerprint density at radius 1 is 1.23 bits per heavy atom. The molecule has 1 aliphatic heterocycles. The molecule has 3 rings (SSSR count). The van der Waals surface area contributed by atoms with Gasteiger partial charge in [-0.15, -0.1) is 4.59 Å². The molecule has 1 heterocycles. The fourth-order valence-electron chi connectivity index (χ4n) is 3.15. The second-order valence-electron chi connectivity index (χ2n) is 8.86. The summed E-state index contributed by atoms with van der Waals surface area (Å²) >= 11 is 0. The molecule has 1 unspecified atom stereocenters. The molecular weight excluding hydrogens is 395 g/mol. The van der Waals surface area contributed by atoms with Crippen molar-refractivity contribution in [2.45, 2.75) is 27.7 Å². The van der Waals surface area contributed by atoms with E-state index >= 15 is 0 Å².